The number of hydrogen-bond acceptors (Lipinski definition) is 1. The number of alkyl halides is 3. The first-order valence-corrected chi connectivity index (χ1v) is 5.07. The maximum Gasteiger partial charge on any atom is 0.416 e. The molecule has 0 aliphatic carbocycles. The van der Waals surface area contributed by atoms with Gasteiger partial charge in [-0.25, -0.2) is 0 Å². The van der Waals surface area contributed by atoms with Gasteiger partial charge in [-0.3, -0.25) is 0 Å². The lowest BCUT2D eigenvalue weighted by atomic mass is 10.1. The lowest BCUT2D eigenvalue weighted by Gasteiger charge is -2.05. The van der Waals surface area contributed by atoms with E-state index in [0.29, 0.717) is 24.8 Å². The Morgan fingerprint density at radius 2 is 1.71 bits per heavy atom. The van der Waals surface area contributed by atoms with Gasteiger partial charge in [-0.05, 0) is 30.7 Å². The van der Waals surface area contributed by atoms with Crippen LogP contribution >= 0.6 is 0 Å². The van der Waals surface area contributed by atoms with Crippen LogP contribution in [0.1, 0.15) is 30.4 Å². The van der Waals surface area contributed by atoms with Gasteiger partial charge in [0.05, 0.1) is 11.6 Å². The van der Waals surface area contributed by atoms with Crippen LogP contribution in [-0.4, -0.2) is 0 Å². The lowest BCUT2D eigenvalue weighted by Crippen LogP contribution is -2.04. The number of unbranched alkanes of at least 4 members (excludes halogenated alkanes) is 2. The van der Waals surface area contributed by atoms with Crippen LogP contribution in [0.4, 0.5) is 13.2 Å². The highest BCUT2D eigenvalue weighted by molar-refractivity contribution is 5.36. The molecule has 0 atom stereocenters. The third-order valence-electron chi connectivity index (χ3n) is 2.04. The highest BCUT2D eigenvalue weighted by atomic mass is 19.4. The van der Waals surface area contributed by atoms with E-state index in [0.717, 1.165) is 12.1 Å². The minimum absolute atomic E-state index is 0.446. The zero-order chi connectivity index (χ0) is 12.7. The zero-order valence-electron chi connectivity index (χ0n) is 9.01. The van der Waals surface area contributed by atoms with Crippen molar-refractivity contribution in [3.63, 3.8) is 0 Å². The van der Waals surface area contributed by atoms with Crippen LogP contribution in [0.15, 0.2) is 24.3 Å². The molecule has 4 heteroatoms. The highest BCUT2D eigenvalue weighted by Crippen LogP contribution is 2.28. The number of hydrogen-bond donors (Lipinski definition) is 0. The summed E-state index contributed by atoms with van der Waals surface area (Å²) >= 11 is 0. The lowest BCUT2D eigenvalue weighted by molar-refractivity contribution is -0.137. The highest BCUT2D eigenvalue weighted by Gasteiger charge is 2.29. The van der Waals surface area contributed by atoms with Gasteiger partial charge in [-0.2, -0.15) is 18.4 Å². The summed E-state index contributed by atoms with van der Waals surface area (Å²) in [4.78, 5) is 0. The average Bonchev–Trinajstić information content (AvgIpc) is 2.28. The Kier molecular flexibility index (Phi) is 4.60. The first kappa shape index (κ1) is 13.1. The molecule has 1 nitrogen and oxygen atoms in total. The van der Waals surface area contributed by atoms with Crippen molar-refractivity contribution in [1.29, 1.82) is 5.26 Å². The fourth-order valence-electron chi connectivity index (χ4n) is 1.16. The topological polar surface area (TPSA) is 23.8 Å². The molecular weight excluding hydrogens is 227 g/mol. The molecule has 1 aromatic rings. The number of rotatable bonds is 2. The molecule has 0 aliphatic heterocycles. The second-order valence-electron chi connectivity index (χ2n) is 3.39. The molecule has 0 spiro atoms. The first-order valence-electron chi connectivity index (χ1n) is 5.07. The van der Waals surface area contributed by atoms with Gasteiger partial charge in [-0.1, -0.05) is 11.8 Å². The van der Waals surface area contributed by atoms with Gasteiger partial charge in [-0.15, -0.1) is 0 Å². The van der Waals surface area contributed by atoms with E-state index in [9.17, 15) is 13.2 Å². The summed E-state index contributed by atoms with van der Waals surface area (Å²) in [7, 11) is 0. The molecule has 88 valence electrons. The molecular formula is C13H10F3N. The molecule has 0 saturated carbocycles. The number of halogens is 3. The minimum atomic E-state index is -4.31. The normalized spacial score (nSPS) is 10.2. The van der Waals surface area contributed by atoms with Crippen molar-refractivity contribution in [2.24, 2.45) is 0 Å². The summed E-state index contributed by atoms with van der Waals surface area (Å²) in [5, 5.41) is 8.28. The maximum atomic E-state index is 12.2. The van der Waals surface area contributed by atoms with Gasteiger partial charge < -0.3 is 0 Å². The second-order valence-corrected chi connectivity index (χ2v) is 3.39. The van der Waals surface area contributed by atoms with Crippen LogP contribution in [0.3, 0.4) is 0 Å². The van der Waals surface area contributed by atoms with Crippen molar-refractivity contribution in [3.05, 3.63) is 35.4 Å². The van der Waals surface area contributed by atoms with Crippen molar-refractivity contribution in [3.8, 4) is 17.9 Å². The molecule has 0 saturated heterocycles. The van der Waals surface area contributed by atoms with Gasteiger partial charge in [0.15, 0.2) is 0 Å². The molecule has 0 amide bonds. The summed E-state index contributed by atoms with van der Waals surface area (Å²) in [6.45, 7) is 0. The van der Waals surface area contributed by atoms with Crippen molar-refractivity contribution in [1.82, 2.24) is 0 Å². The Bertz CT molecular complexity index is 455. The molecule has 0 aromatic heterocycles. The molecule has 0 aliphatic rings. The average molecular weight is 237 g/mol. The summed E-state index contributed by atoms with van der Waals surface area (Å²) < 4.78 is 36.7. The Morgan fingerprint density at radius 1 is 1.06 bits per heavy atom. The third-order valence-corrected chi connectivity index (χ3v) is 2.04. The summed E-state index contributed by atoms with van der Waals surface area (Å²) in [6.07, 6.45) is -2.60. The quantitative estimate of drug-likeness (QED) is 0.567. The first-order chi connectivity index (χ1) is 8.04. The molecule has 0 radical (unpaired) electrons. The van der Waals surface area contributed by atoms with Crippen LogP contribution in [-0.2, 0) is 6.18 Å². The van der Waals surface area contributed by atoms with E-state index in [2.05, 4.69) is 11.8 Å². The Labute approximate surface area is 97.9 Å². The fourth-order valence-corrected chi connectivity index (χ4v) is 1.16. The minimum Gasteiger partial charge on any atom is -0.198 e. The van der Waals surface area contributed by atoms with E-state index in [1.54, 1.807) is 0 Å². The van der Waals surface area contributed by atoms with E-state index in [1.807, 2.05) is 6.07 Å². The molecule has 17 heavy (non-hydrogen) atoms. The standard InChI is InChI=1S/C13H10F3N/c14-13(15,16)12-8-6-11(7-9-12)5-3-1-2-4-10-17/h6-9H,1-2,4H2. The van der Waals surface area contributed by atoms with E-state index >= 15 is 0 Å². The van der Waals surface area contributed by atoms with Gasteiger partial charge >= 0.3 is 6.18 Å². The summed E-state index contributed by atoms with van der Waals surface area (Å²) in [5.41, 5.74) is -0.123. The zero-order valence-corrected chi connectivity index (χ0v) is 9.01. The van der Waals surface area contributed by atoms with Gasteiger partial charge in [0, 0.05) is 18.4 Å². The number of benzene rings is 1. The SMILES string of the molecule is N#CCCCC#Cc1ccc(C(F)(F)F)cc1. The van der Waals surface area contributed by atoms with Crippen LogP contribution in [0.2, 0.25) is 0 Å². The summed E-state index contributed by atoms with van der Waals surface area (Å²) in [6, 6.07) is 6.72. The van der Waals surface area contributed by atoms with E-state index in [-0.39, 0.29) is 0 Å². The van der Waals surface area contributed by atoms with Crippen molar-refractivity contribution in [2.75, 3.05) is 0 Å². The fraction of sp³-hybridized carbons (Fsp3) is 0.308. The summed E-state index contributed by atoms with van der Waals surface area (Å²) in [5.74, 6) is 5.57. The largest absolute Gasteiger partial charge is 0.416 e. The Morgan fingerprint density at radius 3 is 2.24 bits per heavy atom. The Hall–Kier alpha value is -1.94. The second kappa shape index (κ2) is 5.96. The molecule has 1 rings (SSSR count). The smallest absolute Gasteiger partial charge is 0.198 e. The monoisotopic (exact) mass is 237 g/mol. The van der Waals surface area contributed by atoms with Crippen molar-refractivity contribution >= 4 is 0 Å². The molecule has 0 bridgehead atoms. The van der Waals surface area contributed by atoms with E-state index in [4.69, 9.17) is 5.26 Å². The van der Waals surface area contributed by atoms with Crippen LogP contribution in [0.5, 0.6) is 0 Å². The predicted octanol–water partition coefficient (Wildman–Crippen LogP) is 3.75. The van der Waals surface area contributed by atoms with Crippen LogP contribution < -0.4 is 0 Å². The van der Waals surface area contributed by atoms with Crippen LogP contribution in [0.25, 0.3) is 0 Å². The van der Waals surface area contributed by atoms with E-state index in [1.165, 1.54) is 12.1 Å². The van der Waals surface area contributed by atoms with Gasteiger partial charge in [0.25, 0.3) is 0 Å². The molecule has 0 fully saturated rings. The van der Waals surface area contributed by atoms with E-state index < -0.39 is 11.7 Å². The molecule has 0 unspecified atom stereocenters. The maximum absolute atomic E-state index is 12.2. The predicted molar refractivity (Wildman–Crippen MR) is 57.8 cm³/mol. The number of nitriles is 1. The molecule has 0 N–H and O–H groups in total. The third kappa shape index (κ3) is 4.61. The van der Waals surface area contributed by atoms with Crippen LogP contribution in [0, 0.1) is 23.2 Å². The number of nitrogens with zero attached hydrogens (tertiary/aromatic N) is 1. The molecule has 1 aromatic carbocycles. The Balaban J connectivity index is 2.60. The van der Waals surface area contributed by atoms with Crippen molar-refractivity contribution in [2.45, 2.75) is 25.4 Å². The van der Waals surface area contributed by atoms with Gasteiger partial charge in [0.1, 0.15) is 0 Å². The van der Waals surface area contributed by atoms with Gasteiger partial charge in [0.2, 0.25) is 0 Å². The molecule has 0 heterocycles. The van der Waals surface area contributed by atoms with Crippen molar-refractivity contribution < 1.29 is 13.2 Å².